The Kier molecular flexibility index (Phi) is 4.88. The molecule has 2 nitrogen and oxygen atoms in total. The molecule has 0 amide bonds. The molecule has 5 heteroatoms. The van der Waals surface area contributed by atoms with Gasteiger partial charge in [0.25, 0.3) is 0 Å². The first kappa shape index (κ1) is 15.9. The number of hydrogen-bond acceptors (Lipinski definition) is 2. The summed E-state index contributed by atoms with van der Waals surface area (Å²) in [5.74, 6) is -1.78. The molecule has 2 heterocycles. The van der Waals surface area contributed by atoms with E-state index in [9.17, 15) is 8.78 Å². The van der Waals surface area contributed by atoms with Gasteiger partial charge in [-0.3, -0.25) is 4.98 Å². The molecule has 19 heavy (non-hydrogen) atoms. The van der Waals surface area contributed by atoms with Crippen molar-refractivity contribution >= 4 is 0 Å². The third-order valence-electron chi connectivity index (χ3n) is 2.63. The van der Waals surface area contributed by atoms with E-state index >= 15 is 0 Å². The van der Waals surface area contributed by atoms with Crippen molar-refractivity contribution in [2.75, 3.05) is 0 Å². The van der Waals surface area contributed by atoms with Crippen molar-refractivity contribution in [2.45, 2.75) is 26.2 Å². The number of rotatable bonds is 1. The van der Waals surface area contributed by atoms with Crippen LogP contribution < -0.4 is 0 Å². The van der Waals surface area contributed by atoms with Crippen LogP contribution in [0.4, 0.5) is 8.78 Å². The molecule has 0 bridgehead atoms. The largest absolute Gasteiger partial charge is 0.305 e. The Morgan fingerprint density at radius 3 is 2.47 bits per heavy atom. The number of halogens is 2. The van der Waals surface area contributed by atoms with Crippen molar-refractivity contribution in [3.8, 4) is 11.3 Å². The molecule has 0 aliphatic heterocycles. The van der Waals surface area contributed by atoms with Gasteiger partial charge < -0.3 is 4.98 Å². The van der Waals surface area contributed by atoms with E-state index < -0.39 is 11.9 Å². The fraction of sp³-hybridized carbons (Fsp3) is 0.286. The van der Waals surface area contributed by atoms with Gasteiger partial charge in [0.2, 0.25) is 0 Å². The fourth-order valence-electron chi connectivity index (χ4n) is 1.59. The molecule has 0 atom stereocenters. The first-order chi connectivity index (χ1) is 8.38. The van der Waals surface area contributed by atoms with Crippen LogP contribution in [0.3, 0.4) is 0 Å². The Morgan fingerprint density at radius 1 is 1.21 bits per heavy atom. The van der Waals surface area contributed by atoms with Crippen LogP contribution in [-0.2, 0) is 25.5 Å². The molecule has 0 saturated carbocycles. The smallest absolute Gasteiger partial charge is 0.128 e. The second-order valence-electron chi connectivity index (χ2n) is 5.07. The van der Waals surface area contributed by atoms with Crippen molar-refractivity contribution in [3.63, 3.8) is 0 Å². The van der Waals surface area contributed by atoms with Gasteiger partial charge in [0.15, 0.2) is 0 Å². The maximum atomic E-state index is 13.5. The minimum absolute atomic E-state index is 0. The quantitative estimate of drug-likeness (QED) is 0.502. The molecule has 2 rings (SSSR count). The first-order valence-corrected chi connectivity index (χ1v) is 5.58. The zero-order valence-corrected chi connectivity index (χ0v) is 13.2. The van der Waals surface area contributed by atoms with E-state index in [0.717, 1.165) is 11.6 Å². The van der Waals surface area contributed by atoms with Gasteiger partial charge in [-0.2, -0.15) is 0 Å². The second-order valence-corrected chi connectivity index (χ2v) is 5.07. The molecule has 0 saturated heterocycles. The van der Waals surface area contributed by atoms with Crippen LogP contribution in [0.1, 0.15) is 26.3 Å². The third kappa shape index (κ3) is 3.64. The third-order valence-corrected chi connectivity index (χ3v) is 2.63. The molecule has 103 valence electrons. The summed E-state index contributed by atoms with van der Waals surface area (Å²) in [5.41, 5.74) is 1.45. The van der Waals surface area contributed by atoms with Gasteiger partial charge in [-0.25, -0.2) is 8.78 Å². The Balaban J connectivity index is 0.00000180. The molecule has 0 aliphatic carbocycles. The van der Waals surface area contributed by atoms with E-state index in [1.54, 1.807) is 12.3 Å². The molecular formula is C14H13F2IrN2-. The Hall–Kier alpha value is -1.19. The standard InChI is InChI=1S/C14H13F2N2.Ir/c1-14(2,3)9-6-7-17-11(8-9)10-4-5-12(15)18-13(10)16;/h5-8H,1-3H3;/q-1;. The predicted octanol–water partition coefficient (Wildman–Crippen LogP) is 3.52. The monoisotopic (exact) mass is 440 g/mol. The van der Waals surface area contributed by atoms with Gasteiger partial charge >= 0.3 is 0 Å². The van der Waals surface area contributed by atoms with Crippen molar-refractivity contribution < 1.29 is 28.9 Å². The van der Waals surface area contributed by atoms with Gasteiger partial charge in [-0.15, -0.1) is 6.07 Å². The van der Waals surface area contributed by atoms with E-state index in [1.807, 2.05) is 6.07 Å². The number of nitrogens with zero attached hydrogens (tertiary/aromatic N) is 2. The first-order valence-electron chi connectivity index (χ1n) is 5.58. The Morgan fingerprint density at radius 2 is 1.89 bits per heavy atom. The second kappa shape index (κ2) is 5.85. The minimum atomic E-state index is -0.895. The zero-order valence-electron chi connectivity index (χ0n) is 10.8. The summed E-state index contributed by atoms with van der Waals surface area (Å²) in [6.45, 7) is 6.15. The van der Waals surface area contributed by atoms with Crippen LogP contribution in [0.15, 0.2) is 24.4 Å². The van der Waals surface area contributed by atoms with Crippen LogP contribution in [0.5, 0.6) is 0 Å². The summed E-state index contributed by atoms with van der Waals surface area (Å²) < 4.78 is 26.3. The molecule has 2 aromatic heterocycles. The Labute approximate surface area is 124 Å². The summed E-state index contributed by atoms with van der Waals surface area (Å²) in [7, 11) is 0. The SMILES string of the molecule is CC(C)(C)c1ccnc(-c2[c-]cc(F)nc2F)c1.[Ir]. The summed E-state index contributed by atoms with van der Waals surface area (Å²) in [4.78, 5) is 7.22. The van der Waals surface area contributed by atoms with Crippen molar-refractivity contribution in [1.82, 2.24) is 9.97 Å². The fourth-order valence-corrected chi connectivity index (χ4v) is 1.59. The summed E-state index contributed by atoms with van der Waals surface area (Å²) in [6, 6.07) is 7.17. The number of hydrogen-bond donors (Lipinski definition) is 0. The molecule has 1 radical (unpaired) electrons. The van der Waals surface area contributed by atoms with Gasteiger partial charge in [0.1, 0.15) is 11.9 Å². The normalized spacial score (nSPS) is 11.0. The molecule has 0 aliphatic rings. The van der Waals surface area contributed by atoms with E-state index in [2.05, 4.69) is 36.8 Å². The molecule has 0 N–H and O–H groups in total. The van der Waals surface area contributed by atoms with Crippen LogP contribution in [0, 0.1) is 18.0 Å². The van der Waals surface area contributed by atoms with Crippen LogP contribution in [0.25, 0.3) is 11.3 Å². The average molecular weight is 439 g/mol. The molecule has 0 unspecified atom stereocenters. The zero-order chi connectivity index (χ0) is 13.3. The van der Waals surface area contributed by atoms with E-state index in [-0.39, 0.29) is 31.1 Å². The Bertz CT molecular complexity index is 580. The van der Waals surface area contributed by atoms with Crippen molar-refractivity contribution in [2.24, 2.45) is 0 Å². The maximum Gasteiger partial charge on any atom is 0.128 e. The summed E-state index contributed by atoms with van der Waals surface area (Å²) >= 11 is 0. The van der Waals surface area contributed by atoms with E-state index in [0.29, 0.717) is 5.69 Å². The number of pyridine rings is 2. The molecule has 2 aromatic rings. The van der Waals surface area contributed by atoms with Gasteiger partial charge in [-0.1, -0.05) is 38.5 Å². The van der Waals surface area contributed by atoms with Crippen molar-refractivity contribution in [3.05, 3.63) is 47.9 Å². The number of aromatic nitrogens is 2. The minimum Gasteiger partial charge on any atom is -0.305 e. The average Bonchev–Trinajstić information content (AvgIpc) is 2.28. The summed E-state index contributed by atoms with van der Waals surface area (Å²) in [6.07, 6.45) is 1.60. The molecule has 0 fully saturated rings. The van der Waals surface area contributed by atoms with Crippen LogP contribution in [0.2, 0.25) is 0 Å². The van der Waals surface area contributed by atoms with E-state index in [1.165, 1.54) is 0 Å². The van der Waals surface area contributed by atoms with Crippen molar-refractivity contribution in [1.29, 1.82) is 0 Å². The topological polar surface area (TPSA) is 25.8 Å². The molecule has 0 spiro atoms. The summed E-state index contributed by atoms with van der Waals surface area (Å²) in [5, 5.41) is 0. The molecule has 0 aromatic carbocycles. The van der Waals surface area contributed by atoms with E-state index in [4.69, 9.17) is 0 Å². The maximum absolute atomic E-state index is 13.5. The van der Waals surface area contributed by atoms with Gasteiger partial charge in [0.05, 0.1) is 0 Å². The molecular weight excluding hydrogens is 426 g/mol. The van der Waals surface area contributed by atoms with Gasteiger partial charge in [-0.05, 0) is 22.7 Å². The van der Waals surface area contributed by atoms with Crippen LogP contribution in [-0.4, -0.2) is 9.97 Å². The van der Waals surface area contributed by atoms with Crippen LogP contribution >= 0.6 is 0 Å². The van der Waals surface area contributed by atoms with Gasteiger partial charge in [0, 0.05) is 26.3 Å². The predicted molar refractivity (Wildman–Crippen MR) is 64.9 cm³/mol.